The van der Waals surface area contributed by atoms with Gasteiger partial charge in [-0.1, -0.05) is 37.1 Å². The average molecular weight is 437 g/mol. The summed E-state index contributed by atoms with van der Waals surface area (Å²) in [6.07, 6.45) is 2.69. The minimum atomic E-state index is -0.311. The molecule has 2 aromatic rings. The number of aryl methyl sites for hydroxylation is 2. The van der Waals surface area contributed by atoms with Gasteiger partial charge < -0.3 is 14.8 Å². The number of unbranched alkanes of at least 4 members (excludes halogenated alkanes) is 1. The highest BCUT2D eigenvalue weighted by Crippen LogP contribution is 2.33. The lowest BCUT2D eigenvalue weighted by Gasteiger charge is -2.15. The van der Waals surface area contributed by atoms with Crippen LogP contribution in [-0.2, 0) is 14.3 Å². The predicted octanol–water partition coefficient (Wildman–Crippen LogP) is 4.71. The minimum Gasteiger partial charge on any atom is -0.497 e. The number of methoxy groups -OCH3 is 1. The monoisotopic (exact) mass is 436 g/mol. The van der Waals surface area contributed by atoms with E-state index in [-0.39, 0.29) is 11.8 Å². The van der Waals surface area contributed by atoms with Crippen LogP contribution in [0.1, 0.15) is 42.9 Å². The molecule has 6 heteroatoms. The number of hydrogen-bond acceptors (Lipinski definition) is 5. The number of benzene rings is 2. The summed E-state index contributed by atoms with van der Waals surface area (Å²) >= 11 is 0. The number of nitrogens with one attached hydrogen (secondary N) is 1. The Bertz CT molecular complexity index is 995. The van der Waals surface area contributed by atoms with E-state index in [0.29, 0.717) is 43.1 Å². The van der Waals surface area contributed by atoms with Crippen molar-refractivity contribution >= 4 is 23.1 Å². The van der Waals surface area contributed by atoms with Crippen LogP contribution in [0.15, 0.2) is 48.2 Å². The third-order valence-corrected chi connectivity index (χ3v) is 5.49. The Morgan fingerprint density at radius 3 is 2.31 bits per heavy atom. The summed E-state index contributed by atoms with van der Waals surface area (Å²) in [4.78, 5) is 28.0. The first-order valence-corrected chi connectivity index (χ1v) is 11.1. The summed E-state index contributed by atoms with van der Waals surface area (Å²) in [6, 6.07) is 13.2. The van der Waals surface area contributed by atoms with E-state index in [1.54, 1.807) is 7.11 Å². The van der Waals surface area contributed by atoms with E-state index in [1.807, 2.05) is 56.3 Å². The van der Waals surface area contributed by atoms with E-state index in [2.05, 4.69) is 12.2 Å². The van der Waals surface area contributed by atoms with Gasteiger partial charge in [0, 0.05) is 25.4 Å². The minimum absolute atomic E-state index is 0.272. The van der Waals surface area contributed by atoms with Crippen molar-refractivity contribution in [2.24, 2.45) is 0 Å². The fourth-order valence-corrected chi connectivity index (χ4v) is 3.73. The van der Waals surface area contributed by atoms with Crippen molar-refractivity contribution in [3.63, 3.8) is 0 Å². The molecule has 0 saturated carbocycles. The molecular formula is C26H32N2O4. The molecule has 170 valence electrons. The van der Waals surface area contributed by atoms with Crippen LogP contribution in [0.5, 0.6) is 5.75 Å². The molecule has 2 aromatic carbocycles. The van der Waals surface area contributed by atoms with Gasteiger partial charge in [0.05, 0.1) is 12.7 Å². The second kappa shape index (κ2) is 11.0. The molecule has 0 aliphatic carbocycles. The number of amides is 2. The van der Waals surface area contributed by atoms with Crippen molar-refractivity contribution in [3.05, 3.63) is 64.9 Å². The van der Waals surface area contributed by atoms with Gasteiger partial charge in [-0.15, -0.1) is 0 Å². The molecule has 1 aliphatic rings. The standard InChI is InChI=1S/C26H32N2O4/c1-5-6-15-32-16-7-14-28-25(29)23(22-13-8-18(2)17-19(22)3)24(26(28)30)27-20-9-11-21(31-4)12-10-20/h8-13,17,27H,5-7,14-16H2,1-4H3. The van der Waals surface area contributed by atoms with Crippen molar-refractivity contribution in [1.82, 2.24) is 4.90 Å². The first-order valence-electron chi connectivity index (χ1n) is 11.1. The summed E-state index contributed by atoms with van der Waals surface area (Å²) in [6.45, 7) is 7.64. The highest BCUT2D eigenvalue weighted by molar-refractivity contribution is 6.36. The number of carbonyl (C=O) groups is 2. The molecule has 32 heavy (non-hydrogen) atoms. The third-order valence-electron chi connectivity index (χ3n) is 5.49. The van der Waals surface area contributed by atoms with Gasteiger partial charge in [-0.3, -0.25) is 14.5 Å². The lowest BCUT2D eigenvalue weighted by atomic mass is 9.97. The van der Waals surface area contributed by atoms with Gasteiger partial charge in [0.25, 0.3) is 11.8 Å². The third kappa shape index (κ3) is 5.37. The Hall–Kier alpha value is -3.12. The fourth-order valence-electron chi connectivity index (χ4n) is 3.73. The fraction of sp³-hybridized carbons (Fsp3) is 0.385. The zero-order chi connectivity index (χ0) is 23.1. The molecule has 2 amide bonds. The van der Waals surface area contributed by atoms with Gasteiger partial charge in [0.1, 0.15) is 11.4 Å². The summed E-state index contributed by atoms with van der Waals surface area (Å²) in [5.74, 6) is 0.138. The zero-order valence-corrected chi connectivity index (χ0v) is 19.4. The van der Waals surface area contributed by atoms with Gasteiger partial charge in [0.15, 0.2) is 0 Å². The number of anilines is 1. The Morgan fingerprint density at radius 1 is 0.938 bits per heavy atom. The maximum Gasteiger partial charge on any atom is 0.278 e. The average Bonchev–Trinajstić information content (AvgIpc) is 3.01. The van der Waals surface area contributed by atoms with Crippen molar-refractivity contribution in [2.45, 2.75) is 40.0 Å². The van der Waals surface area contributed by atoms with E-state index >= 15 is 0 Å². The Morgan fingerprint density at radius 2 is 1.66 bits per heavy atom. The molecule has 3 rings (SSSR count). The zero-order valence-electron chi connectivity index (χ0n) is 19.4. The molecule has 0 saturated heterocycles. The van der Waals surface area contributed by atoms with Gasteiger partial charge in [-0.2, -0.15) is 0 Å². The second-order valence-corrected chi connectivity index (χ2v) is 8.00. The van der Waals surface area contributed by atoms with E-state index in [9.17, 15) is 9.59 Å². The molecular weight excluding hydrogens is 404 g/mol. The van der Waals surface area contributed by atoms with E-state index in [0.717, 1.165) is 35.3 Å². The quantitative estimate of drug-likeness (QED) is 0.408. The van der Waals surface area contributed by atoms with Gasteiger partial charge in [0.2, 0.25) is 0 Å². The van der Waals surface area contributed by atoms with Crippen molar-refractivity contribution in [2.75, 3.05) is 32.2 Å². The number of imide groups is 1. The molecule has 1 aliphatic heterocycles. The normalized spacial score (nSPS) is 13.8. The Labute approximate surface area is 190 Å². The molecule has 1 N–H and O–H groups in total. The maximum absolute atomic E-state index is 13.4. The van der Waals surface area contributed by atoms with Crippen LogP contribution < -0.4 is 10.1 Å². The van der Waals surface area contributed by atoms with Crippen LogP contribution in [0.3, 0.4) is 0 Å². The van der Waals surface area contributed by atoms with Gasteiger partial charge >= 0.3 is 0 Å². The smallest absolute Gasteiger partial charge is 0.278 e. The molecule has 0 atom stereocenters. The van der Waals surface area contributed by atoms with E-state index < -0.39 is 0 Å². The van der Waals surface area contributed by atoms with Crippen LogP contribution in [0.2, 0.25) is 0 Å². The van der Waals surface area contributed by atoms with Crippen LogP contribution in [0, 0.1) is 13.8 Å². The van der Waals surface area contributed by atoms with Crippen LogP contribution >= 0.6 is 0 Å². The van der Waals surface area contributed by atoms with Crippen LogP contribution in [-0.4, -0.2) is 43.6 Å². The predicted molar refractivity (Wildman–Crippen MR) is 127 cm³/mol. The maximum atomic E-state index is 13.4. The SMILES string of the molecule is CCCCOCCCN1C(=O)C(Nc2ccc(OC)cc2)=C(c2ccc(C)cc2C)C1=O. The molecule has 0 radical (unpaired) electrons. The van der Waals surface area contributed by atoms with Crippen molar-refractivity contribution in [3.8, 4) is 5.75 Å². The first kappa shape index (κ1) is 23.5. The van der Waals surface area contributed by atoms with Crippen LogP contribution in [0.25, 0.3) is 5.57 Å². The first-order chi connectivity index (χ1) is 15.5. The number of nitrogens with zero attached hydrogens (tertiary/aromatic N) is 1. The van der Waals surface area contributed by atoms with E-state index in [1.165, 1.54) is 4.90 Å². The lowest BCUT2D eigenvalue weighted by molar-refractivity contribution is -0.137. The summed E-state index contributed by atoms with van der Waals surface area (Å²) in [7, 11) is 1.60. The van der Waals surface area contributed by atoms with Crippen molar-refractivity contribution < 1.29 is 19.1 Å². The molecule has 6 nitrogen and oxygen atoms in total. The second-order valence-electron chi connectivity index (χ2n) is 8.00. The topological polar surface area (TPSA) is 67.9 Å². The molecule has 0 bridgehead atoms. The van der Waals surface area contributed by atoms with Crippen LogP contribution in [0.4, 0.5) is 5.69 Å². The number of rotatable bonds is 11. The summed E-state index contributed by atoms with van der Waals surface area (Å²) < 4.78 is 10.8. The van der Waals surface area contributed by atoms with Gasteiger partial charge in [-0.25, -0.2) is 0 Å². The van der Waals surface area contributed by atoms with Crippen molar-refractivity contribution in [1.29, 1.82) is 0 Å². The summed E-state index contributed by atoms with van der Waals surface area (Å²) in [5, 5.41) is 3.19. The summed E-state index contributed by atoms with van der Waals surface area (Å²) in [5.41, 5.74) is 4.27. The molecule has 0 fully saturated rings. The Balaban J connectivity index is 1.86. The number of ether oxygens (including phenoxy) is 2. The largest absolute Gasteiger partial charge is 0.497 e. The number of carbonyl (C=O) groups excluding carboxylic acids is 2. The molecule has 0 spiro atoms. The highest BCUT2D eigenvalue weighted by Gasteiger charge is 2.39. The Kier molecular flexibility index (Phi) is 8.06. The molecule has 0 unspecified atom stereocenters. The lowest BCUT2D eigenvalue weighted by Crippen LogP contribution is -2.34. The van der Waals surface area contributed by atoms with Gasteiger partial charge in [-0.05, 0) is 62.1 Å². The molecule has 0 aromatic heterocycles. The number of hydrogen-bond donors (Lipinski definition) is 1. The highest BCUT2D eigenvalue weighted by atomic mass is 16.5. The van der Waals surface area contributed by atoms with E-state index in [4.69, 9.17) is 9.47 Å². The molecule has 1 heterocycles.